The molecule has 0 spiro atoms. The summed E-state index contributed by atoms with van der Waals surface area (Å²) in [6, 6.07) is 4.59. The SMILES string of the molecule is CC(C)C1(C)C=Cc2cccc3c2C(=C1)C(O)N(C1CCC(=O)NC1=O)C3=O. The molecule has 3 amide bonds. The topological polar surface area (TPSA) is 86.7 Å². The molecule has 6 heteroatoms. The Bertz CT molecular complexity index is 946. The first-order chi connectivity index (χ1) is 13.2. The molecule has 1 aliphatic carbocycles. The van der Waals surface area contributed by atoms with Crippen molar-refractivity contribution >= 4 is 29.4 Å². The van der Waals surface area contributed by atoms with Crippen molar-refractivity contribution in [2.75, 3.05) is 0 Å². The molecule has 1 aromatic rings. The number of carbonyl (C=O) groups excluding carboxylic acids is 3. The average Bonchev–Trinajstić information content (AvgIpc) is 2.80. The number of imide groups is 1. The standard InChI is InChI=1S/C22H24N2O4/c1-12(2)22(3)10-9-13-5-4-6-14-18(13)15(11-22)21(28)24(20(14)27)16-7-8-17(25)23-19(16)26/h4-6,9-12,16,21,28H,7-8H2,1-3H3,(H,23,25,26). The third kappa shape index (κ3) is 2.71. The second-order valence-corrected chi connectivity index (χ2v) is 8.28. The first-order valence-corrected chi connectivity index (χ1v) is 9.63. The monoisotopic (exact) mass is 380 g/mol. The highest BCUT2D eigenvalue weighted by atomic mass is 16.3. The minimum Gasteiger partial charge on any atom is -0.369 e. The molecule has 146 valence electrons. The normalized spacial score (nSPS) is 29.4. The van der Waals surface area contributed by atoms with Crippen LogP contribution in [0.3, 0.4) is 0 Å². The summed E-state index contributed by atoms with van der Waals surface area (Å²) in [6.45, 7) is 6.30. The van der Waals surface area contributed by atoms with Crippen molar-refractivity contribution in [3.8, 4) is 0 Å². The van der Waals surface area contributed by atoms with E-state index in [0.717, 1.165) is 11.1 Å². The number of hydrogen-bond acceptors (Lipinski definition) is 4. The molecule has 0 bridgehead atoms. The van der Waals surface area contributed by atoms with E-state index in [4.69, 9.17) is 0 Å². The number of allylic oxidation sites excluding steroid dienone is 2. The van der Waals surface area contributed by atoms with Crippen LogP contribution in [0.5, 0.6) is 0 Å². The van der Waals surface area contributed by atoms with E-state index in [-0.39, 0.29) is 30.1 Å². The van der Waals surface area contributed by atoms with Crippen molar-refractivity contribution in [2.24, 2.45) is 11.3 Å². The van der Waals surface area contributed by atoms with Crippen molar-refractivity contribution in [1.29, 1.82) is 0 Å². The summed E-state index contributed by atoms with van der Waals surface area (Å²) in [5.74, 6) is -1.02. The molecule has 6 nitrogen and oxygen atoms in total. The van der Waals surface area contributed by atoms with E-state index in [0.29, 0.717) is 11.1 Å². The predicted octanol–water partition coefficient (Wildman–Crippen LogP) is 2.34. The summed E-state index contributed by atoms with van der Waals surface area (Å²) in [5.41, 5.74) is 2.39. The average molecular weight is 380 g/mol. The molecule has 1 aromatic carbocycles. The summed E-state index contributed by atoms with van der Waals surface area (Å²) >= 11 is 0. The first kappa shape index (κ1) is 18.6. The fraction of sp³-hybridized carbons (Fsp3) is 0.409. The molecule has 1 fully saturated rings. The number of rotatable bonds is 2. The molecule has 2 aliphatic heterocycles. The van der Waals surface area contributed by atoms with Gasteiger partial charge in [0.1, 0.15) is 6.04 Å². The Morgan fingerprint density at radius 2 is 2.00 bits per heavy atom. The van der Waals surface area contributed by atoms with Gasteiger partial charge in [-0.1, -0.05) is 51.1 Å². The Kier molecular flexibility index (Phi) is 4.27. The van der Waals surface area contributed by atoms with E-state index < -0.39 is 24.1 Å². The van der Waals surface area contributed by atoms with Crippen LogP contribution < -0.4 is 5.32 Å². The number of nitrogens with one attached hydrogen (secondary N) is 1. The van der Waals surface area contributed by atoms with E-state index in [1.807, 2.05) is 24.3 Å². The van der Waals surface area contributed by atoms with Crippen molar-refractivity contribution < 1.29 is 19.5 Å². The Labute approximate surface area is 163 Å². The molecule has 2 N–H and O–H groups in total. The van der Waals surface area contributed by atoms with Crippen LogP contribution in [-0.4, -0.2) is 40.0 Å². The quantitative estimate of drug-likeness (QED) is 0.771. The molecule has 4 rings (SSSR count). The van der Waals surface area contributed by atoms with Gasteiger partial charge in [-0.3, -0.25) is 24.6 Å². The van der Waals surface area contributed by atoms with E-state index in [2.05, 4.69) is 32.2 Å². The summed E-state index contributed by atoms with van der Waals surface area (Å²) < 4.78 is 0. The van der Waals surface area contributed by atoms with Crippen molar-refractivity contribution in [1.82, 2.24) is 10.2 Å². The molecule has 0 aromatic heterocycles. The zero-order chi connectivity index (χ0) is 20.2. The molecule has 2 heterocycles. The van der Waals surface area contributed by atoms with Crippen molar-refractivity contribution in [2.45, 2.75) is 45.9 Å². The molecule has 3 unspecified atom stereocenters. The van der Waals surface area contributed by atoms with Gasteiger partial charge in [0.15, 0.2) is 6.23 Å². The number of aliphatic hydroxyl groups excluding tert-OH is 1. The van der Waals surface area contributed by atoms with Gasteiger partial charge in [-0.15, -0.1) is 0 Å². The lowest BCUT2D eigenvalue weighted by atomic mass is 9.77. The predicted molar refractivity (Wildman–Crippen MR) is 105 cm³/mol. The number of aliphatic hydroxyl groups is 1. The van der Waals surface area contributed by atoms with Gasteiger partial charge in [0.25, 0.3) is 5.91 Å². The van der Waals surface area contributed by atoms with Gasteiger partial charge >= 0.3 is 0 Å². The van der Waals surface area contributed by atoms with Gasteiger partial charge in [-0.2, -0.15) is 0 Å². The van der Waals surface area contributed by atoms with E-state index >= 15 is 0 Å². The maximum Gasteiger partial charge on any atom is 0.257 e. The summed E-state index contributed by atoms with van der Waals surface area (Å²) in [6.07, 6.45) is 5.22. The lowest BCUT2D eigenvalue weighted by molar-refractivity contribution is -0.138. The lowest BCUT2D eigenvalue weighted by Crippen LogP contribution is -2.59. The van der Waals surface area contributed by atoms with Crippen molar-refractivity contribution in [3.63, 3.8) is 0 Å². The maximum atomic E-state index is 13.2. The van der Waals surface area contributed by atoms with Crippen LogP contribution in [0.25, 0.3) is 11.6 Å². The van der Waals surface area contributed by atoms with Gasteiger partial charge in [-0.05, 0) is 24.0 Å². The van der Waals surface area contributed by atoms with Crippen LogP contribution in [-0.2, 0) is 9.59 Å². The molecule has 3 aliphatic rings. The van der Waals surface area contributed by atoms with Crippen LogP contribution in [0.15, 0.2) is 30.4 Å². The zero-order valence-electron chi connectivity index (χ0n) is 16.2. The van der Waals surface area contributed by atoms with E-state index in [9.17, 15) is 19.5 Å². The third-order valence-corrected chi connectivity index (χ3v) is 6.27. The molecule has 3 atom stereocenters. The number of hydrogen-bond donors (Lipinski definition) is 2. The summed E-state index contributed by atoms with van der Waals surface area (Å²) in [5, 5.41) is 13.5. The number of carbonyl (C=O) groups is 3. The molecule has 0 saturated carbocycles. The number of amides is 3. The molecule has 1 saturated heterocycles. The van der Waals surface area contributed by atoms with Gasteiger partial charge in [0.05, 0.1) is 0 Å². The van der Waals surface area contributed by atoms with Gasteiger partial charge < -0.3 is 5.11 Å². The molecule has 0 radical (unpaired) electrons. The highest BCUT2D eigenvalue weighted by molar-refractivity contribution is 6.09. The molecule has 28 heavy (non-hydrogen) atoms. The molecular weight excluding hydrogens is 356 g/mol. The summed E-state index contributed by atoms with van der Waals surface area (Å²) in [7, 11) is 0. The Morgan fingerprint density at radius 1 is 1.25 bits per heavy atom. The Balaban J connectivity index is 1.88. The fourth-order valence-corrected chi connectivity index (χ4v) is 4.16. The smallest absolute Gasteiger partial charge is 0.257 e. The van der Waals surface area contributed by atoms with Crippen LogP contribution in [0.2, 0.25) is 0 Å². The van der Waals surface area contributed by atoms with E-state index in [1.54, 1.807) is 6.07 Å². The molecular formula is C22H24N2O4. The van der Waals surface area contributed by atoms with Crippen molar-refractivity contribution in [3.05, 3.63) is 47.0 Å². The lowest BCUT2D eigenvalue weighted by Gasteiger charge is -2.41. The zero-order valence-corrected chi connectivity index (χ0v) is 16.2. The third-order valence-electron chi connectivity index (χ3n) is 6.27. The largest absolute Gasteiger partial charge is 0.369 e. The summed E-state index contributed by atoms with van der Waals surface area (Å²) in [4.78, 5) is 38.4. The van der Waals surface area contributed by atoms with Gasteiger partial charge in [0, 0.05) is 28.5 Å². The minimum absolute atomic E-state index is 0.143. The Morgan fingerprint density at radius 3 is 2.68 bits per heavy atom. The highest BCUT2D eigenvalue weighted by Gasteiger charge is 2.45. The van der Waals surface area contributed by atoms with Crippen LogP contribution >= 0.6 is 0 Å². The second-order valence-electron chi connectivity index (χ2n) is 8.28. The maximum absolute atomic E-state index is 13.2. The number of nitrogens with zero attached hydrogens (tertiary/aromatic N) is 1. The fourth-order valence-electron chi connectivity index (χ4n) is 4.16. The number of benzene rings is 1. The number of piperidine rings is 1. The van der Waals surface area contributed by atoms with Crippen LogP contribution in [0, 0.1) is 11.3 Å². The van der Waals surface area contributed by atoms with Gasteiger partial charge in [0.2, 0.25) is 11.8 Å². The second kappa shape index (κ2) is 6.41. The highest BCUT2D eigenvalue weighted by Crippen LogP contribution is 2.44. The van der Waals surface area contributed by atoms with E-state index in [1.165, 1.54) is 4.90 Å². The Hall–Kier alpha value is -2.73. The minimum atomic E-state index is -1.25. The van der Waals surface area contributed by atoms with Crippen LogP contribution in [0.1, 0.15) is 55.1 Å². The van der Waals surface area contributed by atoms with Gasteiger partial charge in [-0.25, -0.2) is 0 Å². The van der Waals surface area contributed by atoms with Crippen LogP contribution in [0.4, 0.5) is 0 Å². The first-order valence-electron chi connectivity index (χ1n) is 9.63.